The van der Waals surface area contributed by atoms with Gasteiger partial charge in [0.15, 0.2) is 0 Å². The predicted octanol–water partition coefficient (Wildman–Crippen LogP) is 12.6. The van der Waals surface area contributed by atoms with E-state index in [2.05, 4.69) is 0 Å². The number of hydrogen-bond donors (Lipinski definition) is 0. The highest BCUT2D eigenvalue weighted by Gasteiger charge is 2.21. The molecule has 0 aliphatic rings. The molecule has 0 aliphatic heterocycles. The lowest BCUT2D eigenvalue weighted by molar-refractivity contribution is 0.669. The molecule has 1 aromatic heterocycles. The van der Waals surface area contributed by atoms with Crippen LogP contribution in [-0.4, -0.2) is 0 Å². The minimum atomic E-state index is -0.968. The molecule has 0 unspecified atom stereocenters. The van der Waals surface area contributed by atoms with Gasteiger partial charge < -0.3 is 4.42 Å². The van der Waals surface area contributed by atoms with E-state index in [1.807, 2.05) is 0 Å². The summed E-state index contributed by atoms with van der Waals surface area (Å²) in [6, 6.07) is -8.81. The molecule has 0 amide bonds. The lowest BCUT2D eigenvalue weighted by atomic mass is 9.83. The largest absolute Gasteiger partial charge is 0.456 e. The molecule has 0 fully saturated rings. The van der Waals surface area contributed by atoms with Gasteiger partial charge in [0.2, 0.25) is 0 Å². The second kappa shape index (κ2) is 10.4. The molecule has 1 heterocycles. The summed E-state index contributed by atoms with van der Waals surface area (Å²) in [6.45, 7) is 0. The molecule has 0 aliphatic carbocycles. The van der Waals surface area contributed by atoms with Crippen LogP contribution in [0.15, 0.2) is 174 Å². The Labute approximate surface area is 292 Å². The first-order chi connectivity index (χ1) is 31.5. The van der Waals surface area contributed by atoms with E-state index in [0.29, 0.717) is 16.4 Å². The van der Waals surface area contributed by atoms with Crippen LogP contribution in [0.3, 0.4) is 0 Å². The maximum absolute atomic E-state index is 9.51. The topological polar surface area (TPSA) is 13.1 Å². The van der Waals surface area contributed by atoms with Crippen molar-refractivity contribution in [3.05, 3.63) is 169 Å². The van der Waals surface area contributed by atoms with Gasteiger partial charge in [-0.15, -0.1) is 0 Å². The maximum Gasteiger partial charge on any atom is 0.136 e. The van der Waals surface area contributed by atoms with E-state index in [1.54, 1.807) is 24.3 Å². The van der Waals surface area contributed by atoms with E-state index < -0.39 is 182 Å². The van der Waals surface area contributed by atoms with E-state index in [-0.39, 0.29) is 22.3 Å². The normalized spacial score (nSPS) is 18.4. The van der Waals surface area contributed by atoms with Crippen molar-refractivity contribution in [1.82, 2.24) is 0 Å². The number of hydrogen-bond acceptors (Lipinski definition) is 1. The van der Waals surface area contributed by atoms with E-state index in [9.17, 15) is 11.0 Å². The first kappa shape index (κ1) is 11.9. The summed E-state index contributed by atoms with van der Waals surface area (Å²) < 4.78 is 202. The first-order valence-electron chi connectivity index (χ1n) is 24.6. The Hall–Kier alpha value is -5.92. The molecule has 1 nitrogen and oxygen atoms in total. The molecule has 45 heavy (non-hydrogen) atoms. The zero-order valence-corrected chi connectivity index (χ0v) is 22.9. The molecule has 0 saturated carbocycles. The third-order valence-corrected chi connectivity index (χ3v) is 7.56. The highest BCUT2D eigenvalue weighted by atomic mass is 16.3. The third-order valence-electron chi connectivity index (χ3n) is 7.56. The molecule has 0 spiro atoms. The SMILES string of the molecule is [2H]c1c([2H])c([2H])c(-c2cc3oc4ccccc4c3cc2-c2c3c([2H])c([2H])c([2H])c([2H])c3c(-c3c([2H])c([2H])c(-c4c([2H])c([2H])c([2H])c([2H])c4[2H])c([2H])c3[2H])c3c([2H])c([2H])c([2H])c([2H])c23)c([2H])c1[2H]. The Bertz CT molecular complexity index is 3610. The monoisotopic (exact) mass is 594 g/mol. The van der Waals surface area contributed by atoms with Crippen molar-refractivity contribution in [3.63, 3.8) is 0 Å². The van der Waals surface area contributed by atoms with Gasteiger partial charge >= 0.3 is 0 Å². The molecule has 0 bridgehead atoms. The lowest BCUT2D eigenvalue weighted by Crippen LogP contribution is -1.93. The third kappa shape index (κ3) is 4.17. The van der Waals surface area contributed by atoms with Gasteiger partial charge in [0.25, 0.3) is 0 Å². The van der Waals surface area contributed by atoms with Crippen LogP contribution >= 0.6 is 0 Å². The van der Waals surface area contributed by atoms with Crippen LogP contribution in [0, 0.1) is 0 Å². The van der Waals surface area contributed by atoms with Gasteiger partial charge in [0.05, 0.1) is 30.2 Å². The van der Waals surface area contributed by atoms with Crippen LogP contribution in [0.25, 0.3) is 88.0 Å². The smallest absolute Gasteiger partial charge is 0.136 e. The van der Waals surface area contributed by atoms with Crippen molar-refractivity contribution in [2.45, 2.75) is 0 Å². The van der Waals surface area contributed by atoms with Gasteiger partial charge in [0, 0.05) is 10.8 Å². The molecule has 0 radical (unpaired) electrons. The zero-order chi connectivity index (χ0) is 48.9. The fourth-order valence-corrected chi connectivity index (χ4v) is 5.65. The van der Waals surface area contributed by atoms with Crippen molar-refractivity contribution < 1.29 is 34.6 Å². The number of rotatable bonds is 4. The zero-order valence-electron chi connectivity index (χ0n) is 44.9. The second-order valence-electron chi connectivity index (χ2n) is 9.99. The van der Waals surface area contributed by atoms with Gasteiger partial charge in [0.1, 0.15) is 11.2 Å². The van der Waals surface area contributed by atoms with Gasteiger partial charge in [-0.2, -0.15) is 0 Å². The highest BCUT2D eigenvalue weighted by Crippen LogP contribution is 2.48. The Balaban J connectivity index is 1.59. The first-order valence-corrected chi connectivity index (χ1v) is 13.6. The standard InChI is InChI=1S/C44H28O/c1-3-13-29(14-4-1)30-23-25-32(26-24-30)43-34-18-7-9-20-36(34)44(37-21-10-8-19-35(37)43)40-27-39-33-17-11-12-22-41(33)45-42(39)28-38(40)31-15-5-2-6-16-31/h1-28H/i1D,2D,3D,4D,5D,6D,7D,8D,9D,10D,13D,14D,15D,16D,18D,19D,20D,21D,23D,24D,25D,26D. The van der Waals surface area contributed by atoms with Crippen LogP contribution in [0.5, 0.6) is 0 Å². The van der Waals surface area contributed by atoms with Crippen LogP contribution in [-0.2, 0) is 0 Å². The summed E-state index contributed by atoms with van der Waals surface area (Å²) in [5, 5.41) is -1.23. The van der Waals surface area contributed by atoms with Gasteiger partial charge in [-0.05, 0) is 84.3 Å². The highest BCUT2D eigenvalue weighted by molar-refractivity contribution is 6.23. The lowest BCUT2D eigenvalue weighted by Gasteiger charge is -2.20. The number of para-hydroxylation sites is 1. The number of furan rings is 1. The van der Waals surface area contributed by atoms with Crippen molar-refractivity contribution in [3.8, 4) is 44.5 Å². The molecular formula is C44H28O. The molecule has 8 aromatic carbocycles. The minimum absolute atomic E-state index is 0.142. The second-order valence-corrected chi connectivity index (χ2v) is 9.99. The van der Waals surface area contributed by atoms with Crippen LogP contribution in [0.4, 0.5) is 0 Å². The van der Waals surface area contributed by atoms with Crippen molar-refractivity contribution in [2.75, 3.05) is 0 Å². The fourth-order valence-electron chi connectivity index (χ4n) is 5.65. The Morgan fingerprint density at radius 3 is 1.51 bits per heavy atom. The molecule has 0 N–H and O–H groups in total. The number of fused-ring (bicyclic) bond motifs is 5. The Kier molecular flexibility index (Phi) is 2.73. The van der Waals surface area contributed by atoms with Gasteiger partial charge in [-0.3, -0.25) is 0 Å². The molecule has 210 valence electrons. The van der Waals surface area contributed by atoms with Crippen LogP contribution in [0.2, 0.25) is 0 Å². The molecule has 1 heteroatoms. The summed E-state index contributed by atoms with van der Waals surface area (Å²) in [5.41, 5.74) is -3.29. The Morgan fingerprint density at radius 2 is 0.867 bits per heavy atom. The molecule has 9 aromatic rings. The summed E-state index contributed by atoms with van der Waals surface area (Å²) in [7, 11) is 0. The van der Waals surface area contributed by atoms with Crippen molar-refractivity contribution in [1.29, 1.82) is 0 Å². The number of benzene rings is 8. The molecule has 0 saturated heterocycles. The van der Waals surface area contributed by atoms with E-state index >= 15 is 0 Å². The predicted molar refractivity (Wildman–Crippen MR) is 190 cm³/mol. The fraction of sp³-hybridized carbons (Fsp3) is 0. The minimum Gasteiger partial charge on any atom is -0.456 e. The maximum atomic E-state index is 9.51. The average Bonchev–Trinajstić information content (AvgIpc) is 3.68. The van der Waals surface area contributed by atoms with Crippen molar-refractivity contribution >= 4 is 43.5 Å². The van der Waals surface area contributed by atoms with Crippen LogP contribution < -0.4 is 0 Å². The Morgan fingerprint density at radius 1 is 0.356 bits per heavy atom. The van der Waals surface area contributed by atoms with E-state index in [1.165, 1.54) is 12.1 Å². The van der Waals surface area contributed by atoms with Gasteiger partial charge in [-0.1, -0.05) is 151 Å². The summed E-state index contributed by atoms with van der Waals surface area (Å²) in [5.74, 6) is 0. The molecule has 9 rings (SSSR count). The van der Waals surface area contributed by atoms with E-state index in [0.717, 1.165) is 0 Å². The summed E-state index contributed by atoms with van der Waals surface area (Å²) in [4.78, 5) is 0. The average molecular weight is 595 g/mol. The quantitative estimate of drug-likeness (QED) is 0.185. The summed E-state index contributed by atoms with van der Waals surface area (Å²) in [6.07, 6.45) is 0. The summed E-state index contributed by atoms with van der Waals surface area (Å²) >= 11 is 0. The molecular weight excluding hydrogens is 544 g/mol. The van der Waals surface area contributed by atoms with Crippen LogP contribution in [0.1, 0.15) is 30.2 Å². The molecule has 0 atom stereocenters. The van der Waals surface area contributed by atoms with E-state index in [4.69, 9.17) is 23.6 Å². The van der Waals surface area contributed by atoms with Crippen molar-refractivity contribution in [2.24, 2.45) is 0 Å². The van der Waals surface area contributed by atoms with Gasteiger partial charge in [-0.25, -0.2) is 0 Å².